The molecule has 3 aromatic heterocycles. The average molecular weight is 351 g/mol. The number of aromatic nitrogens is 6. The summed E-state index contributed by atoms with van der Waals surface area (Å²) in [6.07, 6.45) is 6.92. The molecule has 8 nitrogen and oxygen atoms in total. The van der Waals surface area contributed by atoms with Gasteiger partial charge in [0, 0.05) is 36.7 Å². The van der Waals surface area contributed by atoms with Crippen molar-refractivity contribution in [2.75, 3.05) is 6.54 Å². The zero-order valence-electron chi connectivity index (χ0n) is 14.9. The molecule has 0 aliphatic carbocycles. The van der Waals surface area contributed by atoms with Crippen LogP contribution in [0.25, 0.3) is 11.4 Å². The summed E-state index contributed by atoms with van der Waals surface area (Å²) in [5.74, 6) is 1.32. The van der Waals surface area contributed by atoms with E-state index in [-0.39, 0.29) is 11.9 Å². The van der Waals surface area contributed by atoms with E-state index in [0.29, 0.717) is 17.9 Å². The molecule has 1 N–H and O–H groups in total. The standard InChI is InChI=1S/C18H21N7O/c1-3-25-12(2)14(11-20-25)18(26)24-9-5-7-15(24)17-21-16(22-23-17)13-6-4-8-19-10-13/h4,6,8,10-11,15H,3,5,7,9H2,1-2H3,(H,21,22,23)/t15-/m0/s1. The summed E-state index contributed by atoms with van der Waals surface area (Å²) in [6.45, 7) is 5.41. The van der Waals surface area contributed by atoms with Crippen molar-refractivity contribution in [2.24, 2.45) is 0 Å². The Morgan fingerprint density at radius 3 is 3.00 bits per heavy atom. The molecule has 8 heteroatoms. The number of carbonyl (C=O) groups excluding carboxylic acids is 1. The molecule has 1 amide bonds. The molecule has 1 fully saturated rings. The van der Waals surface area contributed by atoms with E-state index in [4.69, 9.17) is 0 Å². The minimum absolute atomic E-state index is 0.00373. The van der Waals surface area contributed by atoms with Gasteiger partial charge in [-0.3, -0.25) is 19.6 Å². The van der Waals surface area contributed by atoms with E-state index in [1.807, 2.05) is 35.6 Å². The number of amides is 1. The predicted molar refractivity (Wildman–Crippen MR) is 95.3 cm³/mol. The van der Waals surface area contributed by atoms with Crippen LogP contribution in [-0.2, 0) is 6.54 Å². The second-order valence-electron chi connectivity index (χ2n) is 6.40. The summed E-state index contributed by atoms with van der Waals surface area (Å²) < 4.78 is 1.84. The van der Waals surface area contributed by atoms with Crippen molar-refractivity contribution in [3.8, 4) is 11.4 Å². The summed E-state index contributed by atoms with van der Waals surface area (Å²) in [5, 5.41) is 11.6. The molecule has 0 unspecified atom stereocenters. The van der Waals surface area contributed by atoms with Crippen molar-refractivity contribution in [3.63, 3.8) is 0 Å². The summed E-state index contributed by atoms with van der Waals surface area (Å²) in [7, 11) is 0. The number of aromatic amines is 1. The molecule has 134 valence electrons. The van der Waals surface area contributed by atoms with E-state index in [9.17, 15) is 4.79 Å². The first kappa shape index (κ1) is 16.4. The van der Waals surface area contributed by atoms with Gasteiger partial charge in [0.25, 0.3) is 5.91 Å². The van der Waals surface area contributed by atoms with E-state index in [1.54, 1.807) is 18.6 Å². The van der Waals surface area contributed by atoms with Crippen molar-refractivity contribution >= 4 is 5.91 Å². The Morgan fingerprint density at radius 1 is 1.38 bits per heavy atom. The van der Waals surface area contributed by atoms with E-state index < -0.39 is 0 Å². The third kappa shape index (κ3) is 2.77. The fourth-order valence-corrected chi connectivity index (χ4v) is 3.47. The number of pyridine rings is 1. The van der Waals surface area contributed by atoms with Crippen LogP contribution >= 0.6 is 0 Å². The number of carbonyl (C=O) groups is 1. The second kappa shape index (κ2) is 6.70. The van der Waals surface area contributed by atoms with Crippen LogP contribution in [0.15, 0.2) is 30.7 Å². The first-order chi connectivity index (χ1) is 12.7. The van der Waals surface area contributed by atoms with Gasteiger partial charge in [0.15, 0.2) is 5.82 Å². The van der Waals surface area contributed by atoms with Gasteiger partial charge in [-0.1, -0.05) is 0 Å². The number of aryl methyl sites for hydroxylation is 1. The highest BCUT2D eigenvalue weighted by molar-refractivity contribution is 5.95. The third-order valence-electron chi connectivity index (χ3n) is 4.88. The molecule has 1 saturated heterocycles. The van der Waals surface area contributed by atoms with Crippen LogP contribution in [0.2, 0.25) is 0 Å². The molecule has 0 radical (unpaired) electrons. The van der Waals surface area contributed by atoms with Crippen LogP contribution in [0, 0.1) is 6.92 Å². The highest BCUT2D eigenvalue weighted by Crippen LogP contribution is 2.32. The van der Waals surface area contributed by atoms with E-state index >= 15 is 0 Å². The van der Waals surface area contributed by atoms with Crippen LogP contribution in [0.5, 0.6) is 0 Å². The fourth-order valence-electron chi connectivity index (χ4n) is 3.47. The molecular formula is C18H21N7O. The lowest BCUT2D eigenvalue weighted by Crippen LogP contribution is -2.31. The maximum atomic E-state index is 13.1. The topological polar surface area (TPSA) is 92.6 Å². The van der Waals surface area contributed by atoms with E-state index in [0.717, 1.165) is 36.5 Å². The lowest BCUT2D eigenvalue weighted by molar-refractivity contribution is 0.0729. The quantitative estimate of drug-likeness (QED) is 0.779. The van der Waals surface area contributed by atoms with E-state index in [1.165, 1.54) is 0 Å². The van der Waals surface area contributed by atoms with E-state index in [2.05, 4.69) is 25.3 Å². The monoisotopic (exact) mass is 351 g/mol. The summed E-state index contributed by atoms with van der Waals surface area (Å²) in [4.78, 5) is 23.6. The van der Waals surface area contributed by atoms with Crippen LogP contribution in [0.1, 0.15) is 47.7 Å². The van der Waals surface area contributed by atoms with Gasteiger partial charge in [-0.15, -0.1) is 0 Å². The van der Waals surface area contributed by atoms with Gasteiger partial charge >= 0.3 is 0 Å². The van der Waals surface area contributed by atoms with Crippen LogP contribution in [0.3, 0.4) is 0 Å². The predicted octanol–water partition coefficient (Wildman–Crippen LogP) is 2.37. The van der Waals surface area contributed by atoms with Crippen molar-refractivity contribution in [1.29, 1.82) is 0 Å². The Hall–Kier alpha value is -3.03. The van der Waals surface area contributed by atoms with Crippen LogP contribution in [0.4, 0.5) is 0 Å². The third-order valence-corrected chi connectivity index (χ3v) is 4.88. The molecule has 1 aliphatic heterocycles. The first-order valence-corrected chi connectivity index (χ1v) is 8.85. The van der Waals surface area contributed by atoms with Gasteiger partial charge in [0.1, 0.15) is 5.82 Å². The van der Waals surface area contributed by atoms with Crippen LogP contribution < -0.4 is 0 Å². The van der Waals surface area contributed by atoms with Crippen molar-refractivity contribution in [2.45, 2.75) is 39.3 Å². The normalized spacial score (nSPS) is 17.0. The highest BCUT2D eigenvalue weighted by atomic mass is 16.2. The Bertz CT molecular complexity index is 915. The molecular weight excluding hydrogens is 330 g/mol. The zero-order valence-corrected chi connectivity index (χ0v) is 14.9. The molecule has 4 heterocycles. The van der Waals surface area contributed by atoms with Gasteiger partial charge in [-0.05, 0) is 38.8 Å². The number of nitrogens with zero attached hydrogens (tertiary/aromatic N) is 6. The van der Waals surface area contributed by atoms with Gasteiger partial charge in [0.05, 0.1) is 17.8 Å². The maximum Gasteiger partial charge on any atom is 0.257 e. The largest absolute Gasteiger partial charge is 0.328 e. The van der Waals surface area contributed by atoms with Crippen molar-refractivity contribution in [1.82, 2.24) is 34.8 Å². The number of nitrogens with one attached hydrogen (secondary N) is 1. The second-order valence-corrected chi connectivity index (χ2v) is 6.40. The maximum absolute atomic E-state index is 13.1. The molecule has 1 atom stereocenters. The molecule has 0 spiro atoms. The molecule has 4 rings (SSSR count). The Morgan fingerprint density at radius 2 is 2.27 bits per heavy atom. The van der Waals surface area contributed by atoms with Crippen LogP contribution in [-0.4, -0.2) is 47.3 Å². The zero-order chi connectivity index (χ0) is 18.1. The first-order valence-electron chi connectivity index (χ1n) is 8.85. The molecule has 0 bridgehead atoms. The average Bonchev–Trinajstić information content (AvgIpc) is 3.40. The van der Waals surface area contributed by atoms with Gasteiger partial charge in [0.2, 0.25) is 0 Å². The SMILES string of the molecule is CCn1ncc(C(=O)N2CCC[C@H]2c2nc(-c3cccnc3)n[nH]2)c1C. The van der Waals surface area contributed by atoms with Gasteiger partial charge < -0.3 is 4.90 Å². The van der Waals surface area contributed by atoms with Crippen molar-refractivity contribution in [3.05, 3.63) is 47.8 Å². The highest BCUT2D eigenvalue weighted by Gasteiger charge is 2.34. The number of hydrogen-bond acceptors (Lipinski definition) is 5. The lowest BCUT2D eigenvalue weighted by Gasteiger charge is -2.22. The number of hydrogen-bond donors (Lipinski definition) is 1. The Balaban J connectivity index is 1.60. The molecule has 26 heavy (non-hydrogen) atoms. The molecule has 3 aromatic rings. The summed E-state index contributed by atoms with van der Waals surface area (Å²) in [6, 6.07) is 3.68. The number of H-pyrrole nitrogens is 1. The fraction of sp³-hybridized carbons (Fsp3) is 0.389. The Kier molecular flexibility index (Phi) is 4.24. The molecule has 1 aliphatic rings. The number of likely N-dealkylation sites (tertiary alicyclic amines) is 1. The minimum atomic E-state index is -0.0928. The Labute approximate surface area is 151 Å². The summed E-state index contributed by atoms with van der Waals surface area (Å²) in [5.41, 5.74) is 2.41. The number of rotatable bonds is 4. The molecule has 0 saturated carbocycles. The van der Waals surface area contributed by atoms with Crippen molar-refractivity contribution < 1.29 is 4.79 Å². The summed E-state index contributed by atoms with van der Waals surface area (Å²) >= 11 is 0. The van der Waals surface area contributed by atoms with Gasteiger partial charge in [-0.25, -0.2) is 4.98 Å². The smallest absolute Gasteiger partial charge is 0.257 e. The lowest BCUT2D eigenvalue weighted by atomic mass is 10.1. The van der Waals surface area contributed by atoms with Gasteiger partial charge in [-0.2, -0.15) is 10.2 Å². The minimum Gasteiger partial charge on any atom is -0.328 e. The molecule has 0 aromatic carbocycles.